The van der Waals surface area contributed by atoms with Crippen LogP contribution in [0.4, 0.5) is 11.6 Å². The zero-order valence-corrected chi connectivity index (χ0v) is 17.2. The second-order valence-corrected chi connectivity index (χ2v) is 7.39. The van der Waals surface area contributed by atoms with E-state index in [1.54, 1.807) is 25.1 Å². The summed E-state index contributed by atoms with van der Waals surface area (Å²) in [5, 5.41) is 3.27. The van der Waals surface area contributed by atoms with Crippen LogP contribution >= 0.6 is 11.6 Å². The third-order valence-corrected chi connectivity index (χ3v) is 5.23. The molecule has 1 fully saturated rings. The van der Waals surface area contributed by atoms with E-state index < -0.39 is 0 Å². The van der Waals surface area contributed by atoms with Crippen molar-refractivity contribution in [2.75, 3.05) is 30.4 Å². The summed E-state index contributed by atoms with van der Waals surface area (Å²) in [5.74, 6) is 0.714. The summed E-state index contributed by atoms with van der Waals surface area (Å²) in [6, 6.07) is 4.98. The minimum Gasteiger partial charge on any atom is -0.495 e. The maximum Gasteiger partial charge on any atom is 0.258 e. The maximum absolute atomic E-state index is 12.9. The van der Waals surface area contributed by atoms with Crippen molar-refractivity contribution >= 4 is 29.1 Å². The van der Waals surface area contributed by atoms with E-state index >= 15 is 0 Å². The average Bonchev–Trinajstić information content (AvgIpc) is 2.69. The van der Waals surface area contributed by atoms with Gasteiger partial charge in [-0.3, -0.25) is 14.2 Å². The fraction of sp³-hybridized carbons (Fsp3) is 0.450. The summed E-state index contributed by atoms with van der Waals surface area (Å²) < 4.78 is 6.72. The Hall–Kier alpha value is -2.54. The number of nitrogens with one attached hydrogen (secondary N) is 1. The lowest BCUT2D eigenvalue weighted by molar-refractivity contribution is -0.116. The third-order valence-electron chi connectivity index (χ3n) is 4.99. The van der Waals surface area contributed by atoms with Crippen LogP contribution in [0.1, 0.15) is 30.5 Å². The number of piperidine rings is 1. The lowest BCUT2D eigenvalue weighted by atomic mass is 10.1. The number of methoxy groups -OCH3 is 1. The van der Waals surface area contributed by atoms with Gasteiger partial charge in [-0.1, -0.05) is 11.6 Å². The Morgan fingerprint density at radius 2 is 1.96 bits per heavy atom. The van der Waals surface area contributed by atoms with Gasteiger partial charge in [-0.15, -0.1) is 0 Å². The molecule has 0 aliphatic carbocycles. The SMILES string of the molecule is COc1ccc(Cl)cc1NC(=O)Cn1c(N2CCCCC2)nc(C)c(C)c1=O. The zero-order valence-electron chi connectivity index (χ0n) is 16.4. The van der Waals surface area contributed by atoms with E-state index in [4.69, 9.17) is 16.3 Å². The van der Waals surface area contributed by atoms with Crippen molar-refractivity contribution in [3.05, 3.63) is 44.8 Å². The molecule has 7 nitrogen and oxygen atoms in total. The quantitative estimate of drug-likeness (QED) is 0.828. The first-order chi connectivity index (χ1) is 13.4. The van der Waals surface area contributed by atoms with Gasteiger partial charge in [0.05, 0.1) is 12.8 Å². The predicted octanol–water partition coefficient (Wildman–Crippen LogP) is 3.15. The Labute approximate surface area is 169 Å². The van der Waals surface area contributed by atoms with Crippen LogP contribution in [0, 0.1) is 13.8 Å². The largest absolute Gasteiger partial charge is 0.495 e. The third kappa shape index (κ3) is 4.30. The van der Waals surface area contributed by atoms with Gasteiger partial charge in [0.1, 0.15) is 12.3 Å². The molecule has 1 saturated heterocycles. The molecule has 8 heteroatoms. The van der Waals surface area contributed by atoms with Crippen LogP contribution in [0.25, 0.3) is 0 Å². The fourth-order valence-electron chi connectivity index (χ4n) is 3.33. The number of benzene rings is 1. The maximum atomic E-state index is 12.9. The molecule has 1 aromatic heterocycles. The summed E-state index contributed by atoms with van der Waals surface area (Å²) in [7, 11) is 1.52. The van der Waals surface area contributed by atoms with Gasteiger partial charge < -0.3 is 15.0 Å². The first kappa shape index (κ1) is 20.2. The summed E-state index contributed by atoms with van der Waals surface area (Å²) in [6.45, 7) is 5.09. The number of amides is 1. The van der Waals surface area contributed by atoms with Gasteiger partial charge in [0.15, 0.2) is 0 Å². The number of carbonyl (C=O) groups is 1. The molecule has 1 aliphatic rings. The van der Waals surface area contributed by atoms with E-state index in [1.165, 1.54) is 18.1 Å². The number of rotatable bonds is 5. The topological polar surface area (TPSA) is 76.5 Å². The van der Waals surface area contributed by atoms with Crippen LogP contribution in [-0.2, 0) is 11.3 Å². The Morgan fingerprint density at radius 1 is 1.25 bits per heavy atom. The van der Waals surface area contributed by atoms with Crippen molar-refractivity contribution < 1.29 is 9.53 Å². The Morgan fingerprint density at radius 3 is 2.64 bits per heavy atom. The molecule has 2 aromatic rings. The molecule has 1 amide bonds. The molecule has 0 radical (unpaired) electrons. The summed E-state index contributed by atoms with van der Waals surface area (Å²) in [4.78, 5) is 32.3. The average molecular weight is 405 g/mol. The molecule has 0 spiro atoms. The van der Waals surface area contributed by atoms with Crippen molar-refractivity contribution in [1.29, 1.82) is 0 Å². The second-order valence-electron chi connectivity index (χ2n) is 6.95. The van der Waals surface area contributed by atoms with Crippen LogP contribution in [0.2, 0.25) is 5.02 Å². The van der Waals surface area contributed by atoms with Crippen molar-refractivity contribution in [3.8, 4) is 5.75 Å². The molecule has 2 heterocycles. The molecule has 0 bridgehead atoms. The number of carbonyl (C=O) groups excluding carboxylic acids is 1. The minimum atomic E-state index is -0.342. The Bertz CT molecular complexity index is 936. The number of nitrogens with zero attached hydrogens (tertiary/aromatic N) is 3. The number of hydrogen-bond acceptors (Lipinski definition) is 5. The first-order valence-corrected chi connectivity index (χ1v) is 9.75. The molecule has 28 heavy (non-hydrogen) atoms. The van der Waals surface area contributed by atoms with Crippen molar-refractivity contribution in [1.82, 2.24) is 9.55 Å². The molecule has 0 saturated carbocycles. The Kier molecular flexibility index (Phi) is 6.24. The van der Waals surface area contributed by atoms with E-state index in [2.05, 4.69) is 15.2 Å². The second kappa shape index (κ2) is 8.65. The lowest BCUT2D eigenvalue weighted by Gasteiger charge is -2.30. The number of halogens is 1. The van der Waals surface area contributed by atoms with Crippen molar-refractivity contribution in [2.24, 2.45) is 0 Å². The molecular formula is C20H25ClN4O3. The highest BCUT2D eigenvalue weighted by Gasteiger charge is 2.21. The van der Waals surface area contributed by atoms with E-state index in [1.807, 2.05) is 6.92 Å². The standard InChI is InChI=1S/C20H25ClN4O3/c1-13-14(2)22-20(24-9-5-4-6-10-24)25(19(13)27)12-18(26)23-16-11-15(21)7-8-17(16)28-3/h7-8,11H,4-6,9-10,12H2,1-3H3,(H,23,26). The monoisotopic (exact) mass is 404 g/mol. The molecule has 0 unspecified atom stereocenters. The molecule has 0 atom stereocenters. The number of ether oxygens (including phenoxy) is 1. The van der Waals surface area contributed by atoms with Gasteiger partial charge in [-0.2, -0.15) is 0 Å². The molecule has 1 N–H and O–H groups in total. The molecule has 3 rings (SSSR count). The highest BCUT2D eigenvalue weighted by atomic mass is 35.5. The first-order valence-electron chi connectivity index (χ1n) is 9.37. The van der Waals surface area contributed by atoms with Gasteiger partial charge in [-0.05, 0) is 51.3 Å². The van der Waals surface area contributed by atoms with Crippen LogP contribution in [-0.4, -0.2) is 35.7 Å². The predicted molar refractivity (Wildman–Crippen MR) is 111 cm³/mol. The molecule has 1 aliphatic heterocycles. The zero-order chi connectivity index (χ0) is 20.3. The number of anilines is 2. The van der Waals surface area contributed by atoms with E-state index in [0.717, 1.165) is 25.9 Å². The molecular weight excluding hydrogens is 380 g/mol. The minimum absolute atomic E-state index is 0.131. The van der Waals surface area contributed by atoms with Gasteiger partial charge in [-0.25, -0.2) is 4.98 Å². The number of aryl methyl sites for hydroxylation is 1. The number of hydrogen-bond donors (Lipinski definition) is 1. The lowest BCUT2D eigenvalue weighted by Crippen LogP contribution is -2.39. The Balaban J connectivity index is 1.91. The molecule has 150 valence electrons. The summed E-state index contributed by atoms with van der Waals surface area (Å²) >= 11 is 6.03. The van der Waals surface area contributed by atoms with Gasteiger partial charge in [0.2, 0.25) is 11.9 Å². The van der Waals surface area contributed by atoms with E-state index in [0.29, 0.717) is 33.7 Å². The normalized spacial score (nSPS) is 14.1. The van der Waals surface area contributed by atoms with E-state index in [9.17, 15) is 9.59 Å². The summed E-state index contributed by atoms with van der Waals surface area (Å²) in [6.07, 6.45) is 3.27. The van der Waals surface area contributed by atoms with Crippen LogP contribution in [0.3, 0.4) is 0 Å². The van der Waals surface area contributed by atoms with Crippen LogP contribution in [0.15, 0.2) is 23.0 Å². The van der Waals surface area contributed by atoms with Crippen LogP contribution < -0.4 is 20.5 Å². The summed E-state index contributed by atoms with van der Waals surface area (Å²) in [5.41, 5.74) is 1.51. The fourth-order valence-corrected chi connectivity index (χ4v) is 3.50. The van der Waals surface area contributed by atoms with Crippen molar-refractivity contribution in [2.45, 2.75) is 39.7 Å². The van der Waals surface area contributed by atoms with E-state index in [-0.39, 0.29) is 18.0 Å². The van der Waals surface area contributed by atoms with Crippen molar-refractivity contribution in [3.63, 3.8) is 0 Å². The van der Waals surface area contributed by atoms with Gasteiger partial charge >= 0.3 is 0 Å². The van der Waals surface area contributed by atoms with Crippen LogP contribution in [0.5, 0.6) is 5.75 Å². The smallest absolute Gasteiger partial charge is 0.258 e. The highest BCUT2D eigenvalue weighted by Crippen LogP contribution is 2.27. The van der Waals surface area contributed by atoms with Gasteiger partial charge in [0.25, 0.3) is 5.56 Å². The highest BCUT2D eigenvalue weighted by molar-refractivity contribution is 6.31. The molecule has 1 aromatic carbocycles. The van der Waals surface area contributed by atoms with Gasteiger partial charge in [0, 0.05) is 29.4 Å². The number of aromatic nitrogens is 2.